The second kappa shape index (κ2) is 7.13. The fourth-order valence-electron chi connectivity index (χ4n) is 3.05. The molecule has 148 valence electrons. The zero-order valence-corrected chi connectivity index (χ0v) is 15.3. The topological polar surface area (TPSA) is 92.7 Å². The smallest absolute Gasteiger partial charge is 0.368 e. The monoisotopic (exact) mass is 404 g/mol. The second-order valence-corrected chi connectivity index (χ2v) is 7.98. The highest BCUT2D eigenvalue weighted by molar-refractivity contribution is 7.89. The van der Waals surface area contributed by atoms with Gasteiger partial charge in [0.2, 0.25) is 10.0 Å². The zero-order chi connectivity index (χ0) is 19.8. The molecule has 0 amide bonds. The molecule has 1 aromatic heterocycles. The molecular weight excluding hydrogens is 385 g/mol. The molecule has 1 fully saturated rings. The molecule has 0 bridgehead atoms. The van der Waals surface area contributed by atoms with Gasteiger partial charge in [-0.2, -0.15) is 13.2 Å². The van der Waals surface area contributed by atoms with Crippen LogP contribution in [0.3, 0.4) is 0 Å². The summed E-state index contributed by atoms with van der Waals surface area (Å²) in [5, 5.41) is 8.78. The Hall–Kier alpha value is -2.11. The van der Waals surface area contributed by atoms with Crippen LogP contribution in [0.1, 0.15) is 17.0 Å². The molecule has 0 saturated carbocycles. The predicted octanol–water partition coefficient (Wildman–Crippen LogP) is 1.97. The lowest BCUT2D eigenvalue weighted by atomic mass is 10.1. The Labute approximate surface area is 154 Å². The first-order valence-corrected chi connectivity index (χ1v) is 9.72. The number of aromatic nitrogens is 1. The Balaban J connectivity index is 1.77. The molecule has 1 aliphatic heterocycles. The average molecular weight is 404 g/mol. The molecule has 7 nitrogen and oxygen atoms in total. The first-order chi connectivity index (χ1) is 12.5. The van der Waals surface area contributed by atoms with Crippen molar-refractivity contribution >= 4 is 15.7 Å². The molecule has 1 saturated heterocycles. The number of aryl methyl sites for hydroxylation is 1. The van der Waals surface area contributed by atoms with Crippen LogP contribution in [-0.4, -0.2) is 44.7 Å². The van der Waals surface area contributed by atoms with Crippen LogP contribution < -0.4 is 10.0 Å². The maximum atomic E-state index is 13.4. The van der Waals surface area contributed by atoms with Gasteiger partial charge in [0.25, 0.3) is 0 Å². The van der Waals surface area contributed by atoms with Crippen LogP contribution in [0.15, 0.2) is 33.7 Å². The molecule has 0 atom stereocenters. The van der Waals surface area contributed by atoms with Gasteiger partial charge in [-0.1, -0.05) is 5.16 Å². The van der Waals surface area contributed by atoms with Crippen LogP contribution in [0.2, 0.25) is 0 Å². The van der Waals surface area contributed by atoms with Crippen molar-refractivity contribution in [2.24, 2.45) is 5.14 Å². The number of nitrogens with zero attached hydrogens (tertiary/aromatic N) is 3. The van der Waals surface area contributed by atoms with Crippen LogP contribution in [0.5, 0.6) is 0 Å². The van der Waals surface area contributed by atoms with Gasteiger partial charge in [0.05, 0.1) is 22.7 Å². The van der Waals surface area contributed by atoms with E-state index in [9.17, 15) is 21.6 Å². The molecule has 2 heterocycles. The Bertz CT molecular complexity index is 919. The van der Waals surface area contributed by atoms with Crippen molar-refractivity contribution in [3.63, 3.8) is 0 Å². The van der Waals surface area contributed by atoms with Crippen molar-refractivity contribution in [3.8, 4) is 0 Å². The summed E-state index contributed by atoms with van der Waals surface area (Å²) in [6.07, 6.45) is -4.69. The lowest BCUT2D eigenvalue weighted by molar-refractivity contribution is -0.137. The van der Waals surface area contributed by atoms with Gasteiger partial charge in [-0.3, -0.25) is 4.90 Å². The second-order valence-electron chi connectivity index (χ2n) is 6.42. The highest BCUT2D eigenvalue weighted by Crippen LogP contribution is 2.38. The largest absolute Gasteiger partial charge is 0.418 e. The standard InChI is InChI=1S/C16H19F3N4O3S/c1-11-8-12(26-21-11)10-22-4-6-23(7-5-22)15-3-2-13(27(20,24)25)9-14(15)16(17,18)19/h2-3,8-9H,4-7,10H2,1H3,(H2,20,24,25). The average Bonchev–Trinajstić information content (AvgIpc) is 2.98. The third-order valence-electron chi connectivity index (χ3n) is 4.37. The van der Waals surface area contributed by atoms with E-state index >= 15 is 0 Å². The van der Waals surface area contributed by atoms with Crippen molar-refractivity contribution in [3.05, 3.63) is 41.3 Å². The summed E-state index contributed by atoms with van der Waals surface area (Å²) >= 11 is 0. The minimum absolute atomic E-state index is 0.0509. The molecule has 1 aromatic carbocycles. The van der Waals surface area contributed by atoms with E-state index in [0.717, 1.165) is 17.8 Å². The van der Waals surface area contributed by atoms with Crippen molar-refractivity contribution < 1.29 is 26.1 Å². The number of anilines is 1. The van der Waals surface area contributed by atoms with Gasteiger partial charge in [-0.25, -0.2) is 13.6 Å². The molecule has 1 aliphatic rings. The molecule has 2 N–H and O–H groups in total. The van der Waals surface area contributed by atoms with Crippen LogP contribution in [-0.2, 0) is 22.7 Å². The Kier molecular flexibility index (Phi) is 5.19. The van der Waals surface area contributed by atoms with Crippen LogP contribution in [0.25, 0.3) is 0 Å². The van der Waals surface area contributed by atoms with E-state index in [-0.39, 0.29) is 5.69 Å². The molecule has 0 unspecified atom stereocenters. The number of alkyl halides is 3. The minimum atomic E-state index is -4.69. The molecule has 0 radical (unpaired) electrons. The Morgan fingerprint density at radius 2 is 1.85 bits per heavy atom. The van der Waals surface area contributed by atoms with Gasteiger partial charge in [-0.15, -0.1) is 0 Å². The molecule has 11 heteroatoms. The minimum Gasteiger partial charge on any atom is -0.368 e. The van der Waals surface area contributed by atoms with Crippen LogP contribution >= 0.6 is 0 Å². The summed E-state index contributed by atoms with van der Waals surface area (Å²) in [6.45, 7) is 4.15. The molecule has 3 rings (SSSR count). The summed E-state index contributed by atoms with van der Waals surface area (Å²) < 4.78 is 68.3. The van der Waals surface area contributed by atoms with Gasteiger partial charge < -0.3 is 9.42 Å². The maximum Gasteiger partial charge on any atom is 0.418 e. The number of primary sulfonamides is 1. The van der Waals surface area contributed by atoms with Gasteiger partial charge in [0, 0.05) is 37.9 Å². The van der Waals surface area contributed by atoms with Crippen LogP contribution in [0.4, 0.5) is 18.9 Å². The van der Waals surface area contributed by atoms with Crippen molar-refractivity contribution in [2.75, 3.05) is 31.1 Å². The molecule has 0 spiro atoms. The van der Waals surface area contributed by atoms with E-state index in [1.165, 1.54) is 0 Å². The lowest BCUT2D eigenvalue weighted by Crippen LogP contribution is -2.46. The quantitative estimate of drug-likeness (QED) is 0.838. The SMILES string of the molecule is Cc1cc(CN2CCN(c3ccc(S(N)(=O)=O)cc3C(F)(F)F)CC2)on1. The molecule has 0 aliphatic carbocycles. The molecule has 27 heavy (non-hydrogen) atoms. The van der Waals surface area contributed by atoms with E-state index in [1.807, 2.05) is 13.0 Å². The number of halogens is 3. The fraction of sp³-hybridized carbons (Fsp3) is 0.438. The van der Waals surface area contributed by atoms with Gasteiger partial charge >= 0.3 is 6.18 Å². The van der Waals surface area contributed by atoms with Gasteiger partial charge in [0.15, 0.2) is 5.76 Å². The Morgan fingerprint density at radius 3 is 2.37 bits per heavy atom. The Morgan fingerprint density at radius 1 is 1.19 bits per heavy atom. The third-order valence-corrected chi connectivity index (χ3v) is 5.28. The summed E-state index contributed by atoms with van der Waals surface area (Å²) in [7, 11) is -4.22. The number of nitrogens with two attached hydrogens (primary N) is 1. The highest BCUT2D eigenvalue weighted by atomic mass is 32.2. The summed E-state index contributed by atoms with van der Waals surface area (Å²) in [4.78, 5) is 3.10. The molecule has 2 aromatic rings. The van der Waals surface area contributed by atoms with Gasteiger partial charge in [-0.05, 0) is 25.1 Å². The normalized spacial score (nSPS) is 16.7. The zero-order valence-electron chi connectivity index (χ0n) is 14.5. The van der Waals surface area contributed by atoms with E-state index < -0.39 is 26.7 Å². The number of hydrogen-bond donors (Lipinski definition) is 1. The van der Waals surface area contributed by atoms with E-state index in [4.69, 9.17) is 9.66 Å². The first kappa shape index (κ1) is 19.6. The lowest BCUT2D eigenvalue weighted by Gasteiger charge is -2.36. The van der Waals surface area contributed by atoms with E-state index in [2.05, 4.69) is 10.1 Å². The fourth-order valence-corrected chi connectivity index (χ4v) is 3.59. The van der Waals surface area contributed by atoms with E-state index in [0.29, 0.717) is 44.6 Å². The first-order valence-electron chi connectivity index (χ1n) is 8.17. The number of hydrogen-bond acceptors (Lipinski definition) is 6. The van der Waals surface area contributed by atoms with Crippen LogP contribution in [0, 0.1) is 6.92 Å². The van der Waals surface area contributed by atoms with Gasteiger partial charge in [0.1, 0.15) is 0 Å². The number of benzene rings is 1. The predicted molar refractivity (Wildman–Crippen MR) is 91.5 cm³/mol. The van der Waals surface area contributed by atoms with Crippen molar-refractivity contribution in [2.45, 2.75) is 24.5 Å². The number of piperazine rings is 1. The third kappa shape index (κ3) is 4.60. The number of sulfonamides is 1. The van der Waals surface area contributed by atoms with Crippen molar-refractivity contribution in [1.82, 2.24) is 10.1 Å². The summed E-state index contributed by atoms with van der Waals surface area (Å²) in [5.74, 6) is 0.703. The summed E-state index contributed by atoms with van der Waals surface area (Å²) in [6, 6.07) is 4.68. The van der Waals surface area contributed by atoms with E-state index in [1.54, 1.807) is 4.90 Å². The highest BCUT2D eigenvalue weighted by Gasteiger charge is 2.36. The molecular formula is C16H19F3N4O3S. The maximum absolute atomic E-state index is 13.4. The van der Waals surface area contributed by atoms with Crippen molar-refractivity contribution in [1.29, 1.82) is 0 Å². The summed E-state index contributed by atoms with van der Waals surface area (Å²) in [5.41, 5.74) is -0.285. The number of rotatable bonds is 4.